The molecular formula is C17H24O4. The van der Waals surface area contributed by atoms with Gasteiger partial charge in [-0.15, -0.1) is 0 Å². The van der Waals surface area contributed by atoms with Crippen molar-refractivity contribution in [1.82, 2.24) is 0 Å². The van der Waals surface area contributed by atoms with Gasteiger partial charge in [0.2, 0.25) is 0 Å². The van der Waals surface area contributed by atoms with Crippen LogP contribution in [0.5, 0.6) is 5.75 Å². The summed E-state index contributed by atoms with van der Waals surface area (Å²) in [7, 11) is 3.13. The monoisotopic (exact) mass is 292 g/mol. The molecule has 1 aromatic carbocycles. The molecule has 0 saturated heterocycles. The van der Waals surface area contributed by atoms with Gasteiger partial charge in [-0.05, 0) is 49.8 Å². The van der Waals surface area contributed by atoms with Crippen LogP contribution in [0.2, 0.25) is 0 Å². The Morgan fingerprint density at radius 3 is 2.33 bits per heavy atom. The van der Waals surface area contributed by atoms with E-state index < -0.39 is 0 Å². The van der Waals surface area contributed by atoms with Crippen LogP contribution in [-0.4, -0.2) is 32.9 Å². The number of esters is 1. The molecule has 0 spiro atoms. The second-order valence-electron chi connectivity index (χ2n) is 5.47. The Morgan fingerprint density at radius 2 is 1.76 bits per heavy atom. The number of hydrogen-bond donors (Lipinski definition) is 0. The zero-order valence-electron chi connectivity index (χ0n) is 12.8. The molecule has 0 aliphatic heterocycles. The summed E-state index contributed by atoms with van der Waals surface area (Å²) in [5.74, 6) is 0.865. The zero-order chi connectivity index (χ0) is 15.1. The summed E-state index contributed by atoms with van der Waals surface area (Å²) in [6, 6.07) is 8.07. The normalized spacial score (nSPS) is 21.8. The van der Waals surface area contributed by atoms with E-state index in [4.69, 9.17) is 14.2 Å². The van der Waals surface area contributed by atoms with E-state index in [0.29, 0.717) is 0 Å². The van der Waals surface area contributed by atoms with E-state index in [1.165, 1.54) is 12.7 Å². The van der Waals surface area contributed by atoms with Crippen LogP contribution in [0.1, 0.15) is 31.2 Å². The van der Waals surface area contributed by atoms with Crippen molar-refractivity contribution in [3.8, 4) is 5.75 Å². The third kappa shape index (κ3) is 4.74. The third-order valence-corrected chi connectivity index (χ3v) is 4.11. The molecule has 2 rings (SSSR count). The van der Waals surface area contributed by atoms with Crippen molar-refractivity contribution in [2.24, 2.45) is 5.92 Å². The summed E-state index contributed by atoms with van der Waals surface area (Å²) >= 11 is 0. The molecule has 0 unspecified atom stereocenters. The van der Waals surface area contributed by atoms with Gasteiger partial charge in [0.15, 0.2) is 0 Å². The molecule has 0 aromatic heterocycles. The Bertz CT molecular complexity index is 433. The summed E-state index contributed by atoms with van der Waals surface area (Å²) in [4.78, 5) is 11.5. The fourth-order valence-electron chi connectivity index (χ4n) is 2.77. The van der Waals surface area contributed by atoms with Crippen molar-refractivity contribution in [3.05, 3.63) is 29.8 Å². The van der Waals surface area contributed by atoms with Crippen LogP contribution in [0.15, 0.2) is 24.3 Å². The maximum absolute atomic E-state index is 11.5. The predicted octanol–water partition coefficient (Wildman–Crippen LogP) is 2.99. The predicted molar refractivity (Wildman–Crippen MR) is 80.4 cm³/mol. The highest BCUT2D eigenvalue weighted by atomic mass is 16.5. The highest BCUT2D eigenvalue weighted by molar-refractivity contribution is 5.72. The van der Waals surface area contributed by atoms with Crippen LogP contribution < -0.4 is 4.74 Å². The molecule has 1 saturated carbocycles. The van der Waals surface area contributed by atoms with Crippen molar-refractivity contribution in [3.63, 3.8) is 0 Å². The first-order valence-electron chi connectivity index (χ1n) is 7.55. The van der Waals surface area contributed by atoms with Crippen LogP contribution in [0.3, 0.4) is 0 Å². The van der Waals surface area contributed by atoms with Gasteiger partial charge in [-0.25, -0.2) is 0 Å². The van der Waals surface area contributed by atoms with E-state index in [-0.39, 0.29) is 18.0 Å². The summed E-state index contributed by atoms with van der Waals surface area (Å²) in [6.45, 7) is 0.722. The lowest BCUT2D eigenvalue weighted by atomic mass is 9.87. The minimum absolute atomic E-state index is 0.0661. The first-order chi connectivity index (χ1) is 10.2. The molecule has 1 aliphatic rings. The second kappa shape index (κ2) is 8.03. The Kier molecular flexibility index (Phi) is 6.05. The van der Waals surface area contributed by atoms with Crippen LogP contribution in [-0.2, 0) is 20.7 Å². The molecule has 1 aliphatic carbocycles. The van der Waals surface area contributed by atoms with E-state index in [0.717, 1.165) is 44.5 Å². The molecule has 1 fully saturated rings. The lowest BCUT2D eigenvalue weighted by Gasteiger charge is -2.27. The Hall–Kier alpha value is -1.55. The number of rotatable bonds is 6. The van der Waals surface area contributed by atoms with Crippen molar-refractivity contribution in [2.75, 3.05) is 20.8 Å². The Balaban J connectivity index is 1.66. The van der Waals surface area contributed by atoms with Crippen LogP contribution in [0, 0.1) is 5.92 Å². The molecule has 0 radical (unpaired) electrons. The summed E-state index contributed by atoms with van der Waals surface area (Å²) in [5.41, 5.74) is 1.25. The van der Waals surface area contributed by atoms with E-state index in [9.17, 15) is 4.79 Å². The van der Waals surface area contributed by atoms with Gasteiger partial charge in [0.05, 0.1) is 32.8 Å². The molecule has 0 atom stereocenters. The number of carbonyl (C=O) groups excluding carboxylic acids is 1. The van der Waals surface area contributed by atoms with Crippen molar-refractivity contribution < 1.29 is 19.0 Å². The minimum Gasteiger partial charge on any atom is -0.497 e. The number of benzene rings is 1. The molecule has 0 N–H and O–H groups in total. The van der Waals surface area contributed by atoms with Gasteiger partial charge in [0.25, 0.3) is 0 Å². The highest BCUT2D eigenvalue weighted by Gasteiger charge is 2.27. The lowest BCUT2D eigenvalue weighted by molar-refractivity contribution is -0.147. The van der Waals surface area contributed by atoms with Crippen molar-refractivity contribution >= 4 is 5.97 Å². The number of methoxy groups -OCH3 is 2. The maximum atomic E-state index is 11.5. The average molecular weight is 292 g/mol. The smallest absolute Gasteiger partial charge is 0.308 e. The second-order valence-corrected chi connectivity index (χ2v) is 5.47. The van der Waals surface area contributed by atoms with Crippen molar-refractivity contribution in [1.29, 1.82) is 0 Å². The highest BCUT2D eigenvalue weighted by Crippen LogP contribution is 2.27. The van der Waals surface area contributed by atoms with E-state index in [2.05, 4.69) is 12.1 Å². The summed E-state index contributed by atoms with van der Waals surface area (Å²) in [5, 5.41) is 0. The number of hydrogen-bond acceptors (Lipinski definition) is 4. The lowest BCUT2D eigenvalue weighted by Crippen LogP contribution is -2.27. The molecule has 0 heterocycles. The van der Waals surface area contributed by atoms with Gasteiger partial charge in [-0.1, -0.05) is 12.1 Å². The summed E-state index contributed by atoms with van der Waals surface area (Å²) in [6.07, 6.45) is 4.83. The molecular weight excluding hydrogens is 268 g/mol. The topological polar surface area (TPSA) is 44.8 Å². The molecule has 21 heavy (non-hydrogen) atoms. The summed E-state index contributed by atoms with van der Waals surface area (Å²) < 4.78 is 15.9. The Morgan fingerprint density at radius 1 is 1.10 bits per heavy atom. The number of ether oxygens (including phenoxy) is 3. The maximum Gasteiger partial charge on any atom is 0.308 e. The fraction of sp³-hybridized carbons (Fsp3) is 0.588. The van der Waals surface area contributed by atoms with E-state index >= 15 is 0 Å². The van der Waals surface area contributed by atoms with Crippen LogP contribution >= 0.6 is 0 Å². The minimum atomic E-state index is -0.0771. The zero-order valence-corrected chi connectivity index (χ0v) is 12.8. The van der Waals surface area contributed by atoms with Gasteiger partial charge < -0.3 is 14.2 Å². The molecule has 4 heteroatoms. The molecule has 116 valence electrons. The SMILES string of the molecule is COC(=O)C1CCC(OCCc2ccc(OC)cc2)CC1. The average Bonchev–Trinajstić information content (AvgIpc) is 2.55. The standard InChI is InChI=1S/C17H24O4/c1-19-15-7-3-13(4-8-15)11-12-21-16-9-5-14(6-10-16)17(18)20-2/h3-4,7-8,14,16H,5-6,9-12H2,1-2H3. The van der Waals surface area contributed by atoms with Gasteiger partial charge in [-0.2, -0.15) is 0 Å². The van der Waals surface area contributed by atoms with Gasteiger partial charge >= 0.3 is 5.97 Å². The van der Waals surface area contributed by atoms with Crippen molar-refractivity contribution in [2.45, 2.75) is 38.2 Å². The van der Waals surface area contributed by atoms with Crippen LogP contribution in [0.25, 0.3) is 0 Å². The third-order valence-electron chi connectivity index (χ3n) is 4.11. The molecule has 0 amide bonds. The first-order valence-corrected chi connectivity index (χ1v) is 7.55. The molecule has 0 bridgehead atoms. The fourth-order valence-corrected chi connectivity index (χ4v) is 2.77. The largest absolute Gasteiger partial charge is 0.497 e. The van der Waals surface area contributed by atoms with Gasteiger partial charge in [-0.3, -0.25) is 4.79 Å². The Labute approximate surface area is 126 Å². The quantitative estimate of drug-likeness (QED) is 0.756. The van der Waals surface area contributed by atoms with Gasteiger partial charge in [0.1, 0.15) is 5.75 Å². The molecule has 4 nitrogen and oxygen atoms in total. The van der Waals surface area contributed by atoms with E-state index in [1.54, 1.807) is 7.11 Å². The number of carbonyl (C=O) groups is 1. The van der Waals surface area contributed by atoms with E-state index in [1.807, 2.05) is 12.1 Å². The first kappa shape index (κ1) is 15.8. The molecule has 1 aromatic rings. The van der Waals surface area contributed by atoms with Gasteiger partial charge in [0, 0.05) is 0 Å². The van der Waals surface area contributed by atoms with Crippen LogP contribution in [0.4, 0.5) is 0 Å².